The van der Waals surface area contributed by atoms with E-state index in [9.17, 15) is 0 Å². The molecule has 0 bridgehead atoms. The Bertz CT molecular complexity index is 209. The molecule has 1 rings (SSSR count). The summed E-state index contributed by atoms with van der Waals surface area (Å²) >= 11 is 0. The summed E-state index contributed by atoms with van der Waals surface area (Å²) in [6.07, 6.45) is 5.83. The lowest BCUT2D eigenvalue weighted by molar-refractivity contribution is 0.0991. The molecular formula is C12H23N3. The highest BCUT2D eigenvalue weighted by Gasteiger charge is 2.25. The monoisotopic (exact) mass is 209 g/mol. The summed E-state index contributed by atoms with van der Waals surface area (Å²) in [7, 11) is 2.01. The molecule has 0 aromatic carbocycles. The van der Waals surface area contributed by atoms with E-state index in [0.717, 1.165) is 6.54 Å². The highest BCUT2D eigenvalue weighted by atomic mass is 15.2. The number of likely N-dealkylation sites (tertiary alicyclic amines) is 1. The van der Waals surface area contributed by atoms with Crippen LogP contribution < -0.4 is 5.32 Å². The van der Waals surface area contributed by atoms with Crippen LogP contribution in [0.1, 0.15) is 39.0 Å². The molecule has 2 unspecified atom stereocenters. The highest BCUT2D eigenvalue weighted by molar-refractivity contribution is 4.86. The predicted molar refractivity (Wildman–Crippen MR) is 62.6 cm³/mol. The Labute approximate surface area is 93.5 Å². The number of nitrogens with zero attached hydrogens (tertiary/aromatic N) is 2. The van der Waals surface area contributed by atoms with E-state index in [0.29, 0.717) is 18.5 Å². The first-order valence-electron chi connectivity index (χ1n) is 6.07. The van der Waals surface area contributed by atoms with Gasteiger partial charge in [0.1, 0.15) is 0 Å². The molecule has 1 saturated heterocycles. The molecule has 1 aliphatic rings. The molecule has 0 aromatic rings. The molecule has 1 fully saturated rings. The molecule has 3 nitrogen and oxygen atoms in total. The quantitative estimate of drug-likeness (QED) is 0.750. The molecule has 86 valence electrons. The lowest BCUT2D eigenvalue weighted by atomic mass is 9.97. The molecule has 15 heavy (non-hydrogen) atoms. The Hall–Kier alpha value is -0.590. The third-order valence-electron chi connectivity index (χ3n) is 3.35. The summed E-state index contributed by atoms with van der Waals surface area (Å²) < 4.78 is 0. The minimum absolute atomic E-state index is 0.428. The molecule has 0 amide bonds. The molecule has 1 heterocycles. The summed E-state index contributed by atoms with van der Waals surface area (Å²) in [6, 6.07) is 3.40. The van der Waals surface area contributed by atoms with E-state index >= 15 is 0 Å². The zero-order valence-corrected chi connectivity index (χ0v) is 10.00. The number of piperidine rings is 1. The average molecular weight is 209 g/mol. The van der Waals surface area contributed by atoms with Crippen LogP contribution in [0.25, 0.3) is 0 Å². The van der Waals surface area contributed by atoms with Crippen molar-refractivity contribution in [2.24, 2.45) is 0 Å². The zero-order chi connectivity index (χ0) is 11.1. The second kappa shape index (κ2) is 6.81. The molecule has 3 heteroatoms. The number of nitrogens with one attached hydrogen (secondary N) is 1. The highest BCUT2D eigenvalue weighted by Crippen LogP contribution is 2.22. The van der Waals surface area contributed by atoms with Crippen LogP contribution in [0.2, 0.25) is 0 Å². The van der Waals surface area contributed by atoms with Crippen molar-refractivity contribution in [3.8, 4) is 6.07 Å². The third kappa shape index (κ3) is 3.81. The summed E-state index contributed by atoms with van der Waals surface area (Å²) in [5, 5.41) is 12.0. The van der Waals surface area contributed by atoms with Gasteiger partial charge < -0.3 is 5.32 Å². The van der Waals surface area contributed by atoms with Gasteiger partial charge in [-0.2, -0.15) is 5.26 Å². The maximum Gasteiger partial charge on any atom is 0.0638 e. The zero-order valence-electron chi connectivity index (χ0n) is 10.00. The first-order valence-corrected chi connectivity index (χ1v) is 6.07. The summed E-state index contributed by atoms with van der Waals surface area (Å²) in [5.74, 6) is 0. The minimum atomic E-state index is 0.428. The van der Waals surface area contributed by atoms with Crippen LogP contribution in [-0.2, 0) is 0 Å². The van der Waals surface area contributed by atoms with Crippen molar-refractivity contribution >= 4 is 0 Å². The first-order chi connectivity index (χ1) is 7.29. The third-order valence-corrected chi connectivity index (χ3v) is 3.35. The van der Waals surface area contributed by atoms with Crippen molar-refractivity contribution in [3.05, 3.63) is 0 Å². The first kappa shape index (κ1) is 12.5. The van der Waals surface area contributed by atoms with Gasteiger partial charge in [-0.1, -0.05) is 6.42 Å². The lowest BCUT2D eigenvalue weighted by Crippen LogP contribution is -2.45. The molecule has 1 N–H and O–H groups in total. The fraction of sp³-hybridized carbons (Fsp3) is 0.917. The molecule has 0 spiro atoms. The molecule has 1 aliphatic heterocycles. The van der Waals surface area contributed by atoms with Gasteiger partial charge in [0.25, 0.3) is 0 Å². The van der Waals surface area contributed by atoms with E-state index in [-0.39, 0.29) is 0 Å². The lowest BCUT2D eigenvalue weighted by Gasteiger charge is -2.39. The van der Waals surface area contributed by atoms with Crippen LogP contribution in [0, 0.1) is 11.3 Å². The number of nitriles is 1. The normalized spacial score (nSPS) is 24.7. The van der Waals surface area contributed by atoms with E-state index in [1.807, 2.05) is 7.05 Å². The Morgan fingerprint density at radius 3 is 3.00 bits per heavy atom. The van der Waals surface area contributed by atoms with Gasteiger partial charge in [-0.05, 0) is 46.3 Å². The summed E-state index contributed by atoms with van der Waals surface area (Å²) in [6.45, 7) is 4.44. The van der Waals surface area contributed by atoms with Gasteiger partial charge in [-0.25, -0.2) is 0 Å². The van der Waals surface area contributed by atoms with Crippen LogP contribution in [0.4, 0.5) is 0 Å². The molecule has 0 radical (unpaired) electrons. The second-order valence-electron chi connectivity index (χ2n) is 4.49. The van der Waals surface area contributed by atoms with Gasteiger partial charge in [-0.3, -0.25) is 4.90 Å². The minimum Gasteiger partial charge on any atom is -0.320 e. The maximum atomic E-state index is 8.74. The summed E-state index contributed by atoms with van der Waals surface area (Å²) in [5.41, 5.74) is 0. The fourth-order valence-electron chi connectivity index (χ4n) is 2.47. The number of hydrogen-bond acceptors (Lipinski definition) is 3. The van der Waals surface area contributed by atoms with Crippen LogP contribution >= 0.6 is 0 Å². The Balaban J connectivity index is 2.45. The van der Waals surface area contributed by atoms with Gasteiger partial charge in [0.05, 0.1) is 12.5 Å². The molecule has 0 aromatic heterocycles. The van der Waals surface area contributed by atoms with Gasteiger partial charge in [0.2, 0.25) is 0 Å². The predicted octanol–water partition coefficient (Wildman–Crippen LogP) is 1.75. The van der Waals surface area contributed by atoms with E-state index < -0.39 is 0 Å². The van der Waals surface area contributed by atoms with E-state index in [1.165, 1.54) is 32.2 Å². The van der Waals surface area contributed by atoms with Crippen LogP contribution in [0.15, 0.2) is 0 Å². The molecule has 0 saturated carbocycles. The van der Waals surface area contributed by atoms with Gasteiger partial charge >= 0.3 is 0 Å². The van der Waals surface area contributed by atoms with Gasteiger partial charge in [0, 0.05) is 12.1 Å². The van der Waals surface area contributed by atoms with Crippen molar-refractivity contribution in [1.82, 2.24) is 10.2 Å². The smallest absolute Gasteiger partial charge is 0.0638 e. The number of rotatable bonds is 5. The van der Waals surface area contributed by atoms with Crippen molar-refractivity contribution in [3.63, 3.8) is 0 Å². The molecular weight excluding hydrogens is 186 g/mol. The van der Waals surface area contributed by atoms with E-state index in [1.54, 1.807) is 0 Å². The Kier molecular flexibility index (Phi) is 5.67. The maximum absolute atomic E-state index is 8.74. The standard InChI is InChI=1S/C12H23N3/c1-11(6-8-13)15-10-4-3-5-12(15)7-9-14-2/h11-12,14H,3-7,9-10H2,1-2H3. The summed E-state index contributed by atoms with van der Waals surface area (Å²) in [4.78, 5) is 2.53. The van der Waals surface area contributed by atoms with Crippen LogP contribution in [-0.4, -0.2) is 37.1 Å². The molecule has 2 atom stereocenters. The average Bonchev–Trinajstić information content (AvgIpc) is 2.27. The SMILES string of the molecule is CNCCC1CCCCN1C(C)CC#N. The topological polar surface area (TPSA) is 39.1 Å². The van der Waals surface area contributed by atoms with Crippen LogP contribution in [0.5, 0.6) is 0 Å². The Morgan fingerprint density at radius 1 is 1.53 bits per heavy atom. The van der Waals surface area contributed by atoms with Crippen LogP contribution in [0.3, 0.4) is 0 Å². The second-order valence-corrected chi connectivity index (χ2v) is 4.49. The Morgan fingerprint density at radius 2 is 2.33 bits per heavy atom. The van der Waals surface area contributed by atoms with E-state index in [4.69, 9.17) is 5.26 Å². The van der Waals surface area contributed by atoms with E-state index in [2.05, 4.69) is 23.2 Å². The fourth-order valence-corrected chi connectivity index (χ4v) is 2.47. The van der Waals surface area contributed by atoms with Crippen molar-refractivity contribution in [2.75, 3.05) is 20.1 Å². The largest absolute Gasteiger partial charge is 0.320 e. The van der Waals surface area contributed by atoms with Crippen molar-refractivity contribution in [1.29, 1.82) is 5.26 Å². The van der Waals surface area contributed by atoms with Crippen molar-refractivity contribution < 1.29 is 0 Å². The number of hydrogen-bond donors (Lipinski definition) is 1. The molecule has 0 aliphatic carbocycles. The van der Waals surface area contributed by atoms with Crippen molar-refractivity contribution in [2.45, 2.75) is 51.1 Å². The van der Waals surface area contributed by atoms with Gasteiger partial charge in [0.15, 0.2) is 0 Å². The van der Waals surface area contributed by atoms with Gasteiger partial charge in [-0.15, -0.1) is 0 Å².